The molecule has 1 heterocycles. The Morgan fingerprint density at radius 1 is 1.20 bits per heavy atom. The highest BCUT2D eigenvalue weighted by Crippen LogP contribution is 2.28. The maximum Gasteiger partial charge on any atom is 0.314 e. The average molecular weight is 365 g/mol. The number of halogens is 1. The number of amides is 2. The van der Waals surface area contributed by atoms with Crippen molar-refractivity contribution in [3.05, 3.63) is 60.2 Å². The number of nitrogens with one attached hydrogen (secondary N) is 2. The fourth-order valence-corrected chi connectivity index (χ4v) is 3.89. The number of pyridine rings is 1. The third-order valence-corrected chi connectivity index (χ3v) is 5.67. The zero-order valence-electron chi connectivity index (χ0n) is 13.8. The van der Waals surface area contributed by atoms with Gasteiger partial charge in [-0.3, -0.25) is 4.98 Å². The summed E-state index contributed by atoms with van der Waals surface area (Å²) in [6, 6.07) is 7.42. The zero-order valence-corrected chi connectivity index (χ0v) is 14.6. The van der Waals surface area contributed by atoms with Crippen LogP contribution in [0.1, 0.15) is 24.2 Å². The Hall–Kier alpha value is -2.48. The molecule has 0 aliphatic heterocycles. The highest BCUT2D eigenvalue weighted by Gasteiger charge is 2.29. The Balaban J connectivity index is 2.28. The second-order valence-electron chi connectivity index (χ2n) is 5.41. The molecule has 8 heteroatoms. The van der Waals surface area contributed by atoms with Gasteiger partial charge in [-0.05, 0) is 42.3 Å². The van der Waals surface area contributed by atoms with Gasteiger partial charge in [0.1, 0.15) is 11.1 Å². The molecular weight excluding hydrogens is 345 g/mol. The summed E-state index contributed by atoms with van der Waals surface area (Å²) in [5.41, 5.74) is 0.447. The van der Waals surface area contributed by atoms with Gasteiger partial charge in [0, 0.05) is 25.5 Å². The summed E-state index contributed by atoms with van der Waals surface area (Å²) in [5, 5.41) is 4.17. The molecule has 1 atom stereocenters. The second kappa shape index (κ2) is 8.57. The third-order valence-electron chi connectivity index (χ3n) is 3.56. The molecule has 0 bridgehead atoms. The Bertz CT molecular complexity index is 796. The van der Waals surface area contributed by atoms with Crippen molar-refractivity contribution in [1.29, 1.82) is 0 Å². The van der Waals surface area contributed by atoms with Crippen LogP contribution in [0, 0.1) is 5.82 Å². The first-order chi connectivity index (χ1) is 11.9. The van der Waals surface area contributed by atoms with Gasteiger partial charge in [-0.15, -0.1) is 0 Å². The summed E-state index contributed by atoms with van der Waals surface area (Å²) in [4.78, 5) is 15.7. The fraction of sp³-hybridized carbons (Fsp3) is 0.294. The molecular formula is C17H20FN3O3S. The molecule has 0 saturated carbocycles. The average Bonchev–Trinajstić information content (AvgIpc) is 2.61. The maximum atomic E-state index is 13.1. The number of aromatic nitrogens is 1. The molecule has 0 aliphatic rings. The van der Waals surface area contributed by atoms with Gasteiger partial charge < -0.3 is 10.6 Å². The maximum absolute atomic E-state index is 13.1. The van der Waals surface area contributed by atoms with Gasteiger partial charge in [0.25, 0.3) is 0 Å². The van der Waals surface area contributed by atoms with E-state index in [-0.39, 0.29) is 11.4 Å². The van der Waals surface area contributed by atoms with Crippen LogP contribution in [-0.4, -0.2) is 32.5 Å². The summed E-state index contributed by atoms with van der Waals surface area (Å²) in [6.45, 7) is 2.28. The second-order valence-corrected chi connectivity index (χ2v) is 7.54. The predicted octanol–water partition coefficient (Wildman–Crippen LogP) is 2.44. The van der Waals surface area contributed by atoms with Crippen molar-refractivity contribution in [3.63, 3.8) is 0 Å². The summed E-state index contributed by atoms with van der Waals surface area (Å²) in [6.07, 6.45) is 3.75. The lowest BCUT2D eigenvalue weighted by molar-refractivity contribution is 0.241. The van der Waals surface area contributed by atoms with E-state index in [1.807, 2.05) is 6.92 Å². The number of sulfone groups is 1. The molecule has 2 N–H and O–H groups in total. The fourth-order valence-electron chi connectivity index (χ4n) is 2.25. The van der Waals surface area contributed by atoms with Gasteiger partial charge >= 0.3 is 6.03 Å². The Kier molecular flexibility index (Phi) is 6.46. The van der Waals surface area contributed by atoms with Gasteiger partial charge in [0.15, 0.2) is 9.84 Å². The minimum atomic E-state index is -3.84. The Morgan fingerprint density at radius 3 is 2.52 bits per heavy atom. The minimum Gasteiger partial charge on any atom is -0.338 e. The molecule has 25 heavy (non-hydrogen) atoms. The lowest BCUT2D eigenvalue weighted by Gasteiger charge is -2.19. The molecule has 1 aromatic heterocycles. The Labute approximate surface area is 146 Å². The van der Waals surface area contributed by atoms with Crippen LogP contribution in [0.4, 0.5) is 9.18 Å². The van der Waals surface area contributed by atoms with E-state index in [0.29, 0.717) is 12.1 Å². The first-order valence-electron chi connectivity index (χ1n) is 7.86. The van der Waals surface area contributed by atoms with E-state index < -0.39 is 26.9 Å². The van der Waals surface area contributed by atoms with E-state index >= 15 is 0 Å². The van der Waals surface area contributed by atoms with Gasteiger partial charge in [-0.2, -0.15) is 0 Å². The number of hydrogen-bond donors (Lipinski definition) is 2. The topological polar surface area (TPSA) is 88.2 Å². The largest absolute Gasteiger partial charge is 0.338 e. The molecule has 0 spiro atoms. The SMILES string of the molecule is CCCNC(=O)NC[C@H](c1cccnc1)S(=O)(=O)c1ccc(F)cc1. The van der Waals surface area contributed by atoms with Crippen molar-refractivity contribution < 1.29 is 17.6 Å². The summed E-state index contributed by atoms with van der Waals surface area (Å²) < 4.78 is 39.0. The number of carbonyl (C=O) groups excluding carboxylic acids is 1. The van der Waals surface area contributed by atoms with E-state index in [4.69, 9.17) is 0 Å². The Morgan fingerprint density at radius 2 is 1.92 bits per heavy atom. The first-order valence-corrected chi connectivity index (χ1v) is 9.41. The monoisotopic (exact) mass is 365 g/mol. The molecule has 6 nitrogen and oxygen atoms in total. The van der Waals surface area contributed by atoms with Crippen LogP contribution < -0.4 is 10.6 Å². The van der Waals surface area contributed by atoms with Crippen LogP contribution in [0.2, 0.25) is 0 Å². The molecule has 2 rings (SSSR count). The summed E-state index contributed by atoms with van der Waals surface area (Å²) in [5.74, 6) is -0.519. The zero-order chi connectivity index (χ0) is 18.3. The van der Waals surface area contributed by atoms with Crippen LogP contribution in [0.5, 0.6) is 0 Å². The van der Waals surface area contributed by atoms with E-state index in [9.17, 15) is 17.6 Å². The van der Waals surface area contributed by atoms with Crippen molar-refractivity contribution in [2.24, 2.45) is 0 Å². The highest BCUT2D eigenvalue weighted by molar-refractivity contribution is 7.91. The van der Waals surface area contributed by atoms with Crippen LogP contribution in [0.15, 0.2) is 53.7 Å². The third kappa shape index (κ3) is 4.99. The number of urea groups is 1. The quantitative estimate of drug-likeness (QED) is 0.738. The number of hydrogen-bond acceptors (Lipinski definition) is 4. The molecule has 134 valence electrons. The van der Waals surface area contributed by atoms with Crippen LogP contribution in [0.25, 0.3) is 0 Å². The molecule has 0 saturated heterocycles. The van der Waals surface area contributed by atoms with Crippen molar-refractivity contribution in [2.75, 3.05) is 13.1 Å². The summed E-state index contributed by atoms with van der Waals surface area (Å²) >= 11 is 0. The first kappa shape index (κ1) is 18.9. The smallest absolute Gasteiger partial charge is 0.314 e. The number of carbonyl (C=O) groups is 1. The summed E-state index contributed by atoms with van der Waals surface area (Å²) in [7, 11) is -3.84. The van der Waals surface area contributed by atoms with Gasteiger partial charge in [0.05, 0.1) is 4.90 Å². The molecule has 1 aromatic carbocycles. The number of benzene rings is 1. The normalized spacial score (nSPS) is 12.4. The van der Waals surface area contributed by atoms with Crippen molar-refractivity contribution in [2.45, 2.75) is 23.5 Å². The van der Waals surface area contributed by atoms with Crippen molar-refractivity contribution in [3.8, 4) is 0 Å². The number of rotatable bonds is 7. The molecule has 0 aliphatic carbocycles. The lowest BCUT2D eigenvalue weighted by atomic mass is 10.2. The molecule has 0 radical (unpaired) electrons. The van der Waals surface area contributed by atoms with Crippen LogP contribution in [-0.2, 0) is 9.84 Å². The van der Waals surface area contributed by atoms with Gasteiger partial charge in [-0.25, -0.2) is 17.6 Å². The highest BCUT2D eigenvalue weighted by atomic mass is 32.2. The number of nitrogens with zero attached hydrogens (tertiary/aromatic N) is 1. The van der Waals surface area contributed by atoms with Gasteiger partial charge in [-0.1, -0.05) is 13.0 Å². The van der Waals surface area contributed by atoms with Crippen LogP contribution in [0.3, 0.4) is 0 Å². The lowest BCUT2D eigenvalue weighted by Crippen LogP contribution is -2.39. The van der Waals surface area contributed by atoms with Crippen molar-refractivity contribution in [1.82, 2.24) is 15.6 Å². The standard InChI is InChI=1S/C17H20FN3O3S/c1-2-9-20-17(22)21-12-16(13-4-3-10-19-11-13)25(23,24)15-7-5-14(18)6-8-15/h3-8,10-11,16H,2,9,12H2,1H3,(H2,20,21,22)/t16-/m1/s1. The minimum absolute atomic E-state index is 0.0153. The molecule has 2 aromatic rings. The molecule has 2 amide bonds. The van der Waals surface area contributed by atoms with Gasteiger partial charge in [0.2, 0.25) is 0 Å². The molecule has 0 unspecified atom stereocenters. The van der Waals surface area contributed by atoms with E-state index in [2.05, 4.69) is 15.6 Å². The van der Waals surface area contributed by atoms with Crippen molar-refractivity contribution >= 4 is 15.9 Å². The van der Waals surface area contributed by atoms with E-state index in [1.54, 1.807) is 12.1 Å². The van der Waals surface area contributed by atoms with Crippen LogP contribution >= 0.6 is 0 Å². The molecule has 0 fully saturated rings. The predicted molar refractivity (Wildman–Crippen MR) is 92.3 cm³/mol. The van der Waals surface area contributed by atoms with E-state index in [0.717, 1.165) is 18.6 Å². The van der Waals surface area contributed by atoms with E-state index in [1.165, 1.54) is 24.5 Å².